The van der Waals surface area contributed by atoms with Gasteiger partial charge in [0.2, 0.25) is 5.91 Å². The summed E-state index contributed by atoms with van der Waals surface area (Å²) in [5, 5.41) is 13.0. The second-order valence-electron chi connectivity index (χ2n) is 7.02. The van der Waals surface area contributed by atoms with Crippen molar-refractivity contribution < 1.29 is 18.4 Å². The molecule has 1 fully saturated rings. The van der Waals surface area contributed by atoms with Gasteiger partial charge in [-0.3, -0.25) is 9.59 Å². The maximum atomic E-state index is 13.7. The number of hydrogen-bond acceptors (Lipinski definition) is 8. The van der Waals surface area contributed by atoms with Crippen LogP contribution in [0.1, 0.15) is 33.9 Å². The molecule has 160 valence electrons. The lowest BCUT2D eigenvalue weighted by atomic mass is 10.0. The molecule has 0 atom stereocenters. The SMILES string of the molecule is NC(=O)c1ccc(N2CCC(NC(=O)c3nnc(Nc4ccccc4F)o3)CC2)nc1. The molecule has 3 heterocycles. The summed E-state index contributed by atoms with van der Waals surface area (Å²) in [6.45, 7) is 1.36. The van der Waals surface area contributed by atoms with Gasteiger partial charge in [-0.15, -0.1) is 5.10 Å². The van der Waals surface area contributed by atoms with Gasteiger partial charge >= 0.3 is 17.8 Å². The Bertz CT molecular complexity index is 1080. The number of pyridine rings is 1. The highest BCUT2D eigenvalue weighted by molar-refractivity contribution is 5.92. The second-order valence-corrected chi connectivity index (χ2v) is 7.02. The van der Waals surface area contributed by atoms with Crippen LogP contribution in [0.5, 0.6) is 0 Å². The first-order chi connectivity index (χ1) is 15.0. The number of nitrogens with zero attached hydrogens (tertiary/aromatic N) is 4. The van der Waals surface area contributed by atoms with Crippen molar-refractivity contribution >= 4 is 29.3 Å². The fourth-order valence-corrected chi connectivity index (χ4v) is 3.26. The van der Waals surface area contributed by atoms with Gasteiger partial charge in [0.05, 0.1) is 11.3 Å². The average Bonchev–Trinajstić information content (AvgIpc) is 3.25. The van der Waals surface area contributed by atoms with Crippen molar-refractivity contribution in [1.82, 2.24) is 20.5 Å². The Kier molecular flexibility index (Phi) is 5.74. The third-order valence-corrected chi connectivity index (χ3v) is 4.92. The largest absolute Gasteiger partial charge is 0.399 e. The molecule has 2 amide bonds. The first kappa shape index (κ1) is 20.3. The number of carbonyl (C=O) groups excluding carboxylic acids is 2. The fraction of sp³-hybridized carbons (Fsp3) is 0.250. The van der Waals surface area contributed by atoms with Gasteiger partial charge in [0.15, 0.2) is 0 Å². The maximum absolute atomic E-state index is 13.7. The number of nitrogens with two attached hydrogens (primary N) is 1. The molecule has 0 saturated carbocycles. The number of amides is 2. The van der Waals surface area contributed by atoms with E-state index in [9.17, 15) is 14.0 Å². The van der Waals surface area contributed by atoms with Crippen LogP contribution >= 0.6 is 0 Å². The number of nitrogens with one attached hydrogen (secondary N) is 2. The summed E-state index contributed by atoms with van der Waals surface area (Å²) in [5.74, 6) is -0.942. The quantitative estimate of drug-likeness (QED) is 0.544. The van der Waals surface area contributed by atoms with E-state index in [1.54, 1.807) is 24.3 Å². The number of anilines is 3. The minimum Gasteiger partial charge on any atom is -0.399 e. The number of aromatic nitrogens is 3. The first-order valence-corrected chi connectivity index (χ1v) is 9.66. The van der Waals surface area contributed by atoms with Crippen LogP contribution in [0.25, 0.3) is 0 Å². The molecular formula is C20H20FN7O3. The predicted molar refractivity (Wildman–Crippen MR) is 109 cm³/mol. The standard InChI is InChI=1S/C20H20FN7O3/c21-14-3-1-2-4-15(14)25-20-27-26-19(31-20)18(30)24-13-7-9-28(10-8-13)16-6-5-12(11-23-16)17(22)29/h1-6,11,13H,7-10H2,(H2,22,29)(H,24,30)(H,25,27). The van der Waals surface area contributed by atoms with Gasteiger partial charge in [-0.2, -0.15) is 0 Å². The third-order valence-electron chi connectivity index (χ3n) is 4.92. The Morgan fingerprint density at radius 2 is 1.90 bits per heavy atom. The molecule has 4 rings (SSSR count). The van der Waals surface area contributed by atoms with E-state index >= 15 is 0 Å². The van der Waals surface area contributed by atoms with Crippen molar-refractivity contribution in [2.45, 2.75) is 18.9 Å². The average molecular weight is 425 g/mol. The molecule has 3 aromatic rings. The topological polar surface area (TPSA) is 139 Å². The van der Waals surface area contributed by atoms with E-state index in [-0.39, 0.29) is 23.6 Å². The molecule has 0 spiro atoms. The third kappa shape index (κ3) is 4.77. The van der Waals surface area contributed by atoms with Gasteiger partial charge in [-0.25, -0.2) is 9.37 Å². The van der Waals surface area contributed by atoms with Gasteiger partial charge < -0.3 is 25.7 Å². The summed E-state index contributed by atoms with van der Waals surface area (Å²) < 4.78 is 19.0. The number of piperidine rings is 1. The van der Waals surface area contributed by atoms with Crippen molar-refractivity contribution in [1.29, 1.82) is 0 Å². The molecule has 10 nitrogen and oxygen atoms in total. The molecular weight excluding hydrogens is 405 g/mol. The molecule has 2 aromatic heterocycles. The van der Waals surface area contributed by atoms with Crippen LogP contribution in [0.15, 0.2) is 47.0 Å². The van der Waals surface area contributed by atoms with E-state index in [4.69, 9.17) is 10.2 Å². The highest BCUT2D eigenvalue weighted by Gasteiger charge is 2.24. The van der Waals surface area contributed by atoms with Crippen molar-refractivity contribution in [3.05, 3.63) is 59.9 Å². The summed E-state index contributed by atoms with van der Waals surface area (Å²) >= 11 is 0. The van der Waals surface area contributed by atoms with Gasteiger partial charge in [-0.1, -0.05) is 17.2 Å². The zero-order chi connectivity index (χ0) is 21.8. The highest BCUT2D eigenvalue weighted by atomic mass is 19.1. The summed E-state index contributed by atoms with van der Waals surface area (Å²) in [5.41, 5.74) is 5.76. The smallest absolute Gasteiger partial charge is 0.320 e. The number of primary amides is 1. The summed E-state index contributed by atoms with van der Waals surface area (Å²) in [4.78, 5) is 29.9. The first-order valence-electron chi connectivity index (χ1n) is 9.66. The zero-order valence-corrected chi connectivity index (χ0v) is 16.4. The van der Waals surface area contributed by atoms with Gasteiger partial charge in [0.25, 0.3) is 0 Å². The fourth-order valence-electron chi connectivity index (χ4n) is 3.26. The lowest BCUT2D eigenvalue weighted by Gasteiger charge is -2.32. The van der Waals surface area contributed by atoms with E-state index in [0.717, 1.165) is 5.82 Å². The number of halogens is 1. The highest BCUT2D eigenvalue weighted by Crippen LogP contribution is 2.20. The summed E-state index contributed by atoms with van der Waals surface area (Å²) in [6.07, 6.45) is 2.84. The van der Waals surface area contributed by atoms with Gasteiger partial charge in [0, 0.05) is 25.3 Å². The van der Waals surface area contributed by atoms with Gasteiger partial charge in [0.1, 0.15) is 11.6 Å². The van der Waals surface area contributed by atoms with Crippen LogP contribution in [0.3, 0.4) is 0 Å². The molecule has 1 aliphatic heterocycles. The van der Waals surface area contributed by atoms with Crippen LogP contribution in [0.2, 0.25) is 0 Å². The molecule has 0 radical (unpaired) electrons. The summed E-state index contributed by atoms with van der Waals surface area (Å²) in [7, 11) is 0. The molecule has 1 aliphatic rings. The number of carbonyl (C=O) groups is 2. The van der Waals surface area contributed by atoms with Crippen molar-refractivity contribution in [3.8, 4) is 0 Å². The molecule has 0 bridgehead atoms. The molecule has 0 aliphatic carbocycles. The van der Waals surface area contributed by atoms with Crippen LogP contribution < -0.4 is 21.3 Å². The zero-order valence-electron chi connectivity index (χ0n) is 16.4. The molecule has 31 heavy (non-hydrogen) atoms. The van der Waals surface area contributed by atoms with Crippen LogP contribution in [-0.2, 0) is 0 Å². The minimum absolute atomic E-state index is 0.0662. The summed E-state index contributed by atoms with van der Waals surface area (Å²) in [6, 6.07) is 9.28. The van der Waals surface area contributed by atoms with E-state index < -0.39 is 17.6 Å². The number of para-hydroxylation sites is 1. The maximum Gasteiger partial charge on any atom is 0.320 e. The molecule has 1 saturated heterocycles. The molecule has 1 aromatic carbocycles. The van der Waals surface area contributed by atoms with E-state index in [1.807, 2.05) is 0 Å². The Balaban J connectivity index is 1.30. The minimum atomic E-state index is -0.520. The predicted octanol–water partition coefficient (Wildman–Crippen LogP) is 1.84. The lowest BCUT2D eigenvalue weighted by Crippen LogP contribution is -2.45. The van der Waals surface area contributed by atoms with Crippen LogP contribution in [0, 0.1) is 5.82 Å². The van der Waals surface area contributed by atoms with Crippen LogP contribution in [0.4, 0.5) is 21.9 Å². The number of hydrogen-bond donors (Lipinski definition) is 3. The van der Waals surface area contributed by atoms with Gasteiger partial charge in [-0.05, 0) is 37.1 Å². The molecule has 4 N–H and O–H groups in total. The van der Waals surface area contributed by atoms with Crippen molar-refractivity contribution in [3.63, 3.8) is 0 Å². The van der Waals surface area contributed by atoms with E-state index in [0.29, 0.717) is 31.5 Å². The monoisotopic (exact) mass is 425 g/mol. The Morgan fingerprint density at radius 1 is 1.13 bits per heavy atom. The van der Waals surface area contributed by atoms with Crippen LogP contribution in [-0.4, -0.2) is 46.1 Å². The molecule has 11 heteroatoms. The normalized spacial score (nSPS) is 14.3. The Hall–Kier alpha value is -4.02. The Morgan fingerprint density at radius 3 is 2.58 bits per heavy atom. The van der Waals surface area contributed by atoms with Crippen molar-refractivity contribution in [2.24, 2.45) is 5.73 Å². The Labute approximate surface area is 176 Å². The van der Waals surface area contributed by atoms with E-state index in [1.165, 1.54) is 18.3 Å². The molecule has 0 unspecified atom stereocenters. The van der Waals surface area contributed by atoms with E-state index in [2.05, 4.69) is 30.7 Å². The number of rotatable bonds is 6. The van der Waals surface area contributed by atoms with Crippen molar-refractivity contribution in [2.75, 3.05) is 23.3 Å². The number of benzene rings is 1. The lowest BCUT2D eigenvalue weighted by molar-refractivity contribution is 0.0896. The second kappa shape index (κ2) is 8.78.